The van der Waals surface area contributed by atoms with Gasteiger partial charge >= 0.3 is 0 Å². The maximum Gasteiger partial charge on any atom is 0.293 e. The third kappa shape index (κ3) is 3.16. The standard InChI is InChI=1S/C13H19N3O4S/c1-2-3-10-6-7-15(9-10)21(19,20)11-4-5-12(14)13(8-11)16(17)18/h4-5,8,10H,2-3,6-7,9,14H2,1H3. The minimum atomic E-state index is -3.69. The van der Waals surface area contributed by atoms with Gasteiger partial charge in [0, 0.05) is 19.2 Å². The molecule has 1 fully saturated rings. The van der Waals surface area contributed by atoms with E-state index in [1.807, 2.05) is 0 Å². The van der Waals surface area contributed by atoms with Crippen molar-refractivity contribution in [1.29, 1.82) is 0 Å². The molecule has 1 heterocycles. The molecule has 0 bridgehead atoms. The molecule has 0 amide bonds. The average Bonchev–Trinajstić information content (AvgIpc) is 2.88. The van der Waals surface area contributed by atoms with Gasteiger partial charge in [0.15, 0.2) is 0 Å². The molecule has 0 aromatic heterocycles. The molecule has 1 aromatic carbocycles. The van der Waals surface area contributed by atoms with Crippen molar-refractivity contribution in [2.75, 3.05) is 18.8 Å². The van der Waals surface area contributed by atoms with Crippen molar-refractivity contribution in [2.45, 2.75) is 31.1 Å². The number of sulfonamides is 1. The molecular formula is C13H19N3O4S. The normalized spacial score (nSPS) is 19.8. The number of nitro benzene ring substituents is 1. The Kier molecular flexibility index (Phi) is 4.48. The third-order valence-electron chi connectivity index (χ3n) is 3.78. The van der Waals surface area contributed by atoms with E-state index in [2.05, 4.69) is 6.92 Å². The second kappa shape index (κ2) is 5.98. The second-order valence-corrected chi connectivity index (χ2v) is 7.22. The Morgan fingerprint density at radius 1 is 1.48 bits per heavy atom. The van der Waals surface area contributed by atoms with Crippen LogP contribution in [-0.2, 0) is 10.0 Å². The van der Waals surface area contributed by atoms with E-state index in [4.69, 9.17) is 5.73 Å². The van der Waals surface area contributed by atoms with Crippen LogP contribution in [0.3, 0.4) is 0 Å². The second-order valence-electron chi connectivity index (χ2n) is 5.28. The zero-order valence-electron chi connectivity index (χ0n) is 11.9. The number of nitrogens with two attached hydrogens (primary N) is 1. The molecule has 1 aromatic rings. The summed E-state index contributed by atoms with van der Waals surface area (Å²) in [4.78, 5) is 10.1. The van der Waals surface area contributed by atoms with Gasteiger partial charge in [0.25, 0.3) is 5.69 Å². The van der Waals surface area contributed by atoms with Crippen molar-refractivity contribution < 1.29 is 13.3 Å². The number of nitrogens with zero attached hydrogens (tertiary/aromatic N) is 2. The molecule has 1 atom stereocenters. The Morgan fingerprint density at radius 3 is 2.81 bits per heavy atom. The summed E-state index contributed by atoms with van der Waals surface area (Å²) >= 11 is 0. The number of nitro groups is 1. The fourth-order valence-electron chi connectivity index (χ4n) is 2.65. The van der Waals surface area contributed by atoms with E-state index in [0.717, 1.165) is 25.3 Å². The van der Waals surface area contributed by atoms with E-state index in [-0.39, 0.29) is 16.3 Å². The molecule has 116 valence electrons. The maximum atomic E-state index is 12.5. The Morgan fingerprint density at radius 2 is 2.19 bits per heavy atom. The summed E-state index contributed by atoms with van der Waals surface area (Å²) in [6, 6.07) is 3.63. The van der Waals surface area contributed by atoms with Gasteiger partial charge in [-0.05, 0) is 30.9 Å². The van der Waals surface area contributed by atoms with Gasteiger partial charge in [-0.15, -0.1) is 0 Å². The zero-order valence-corrected chi connectivity index (χ0v) is 12.7. The van der Waals surface area contributed by atoms with Crippen molar-refractivity contribution in [2.24, 2.45) is 5.92 Å². The van der Waals surface area contributed by atoms with E-state index in [1.54, 1.807) is 0 Å². The lowest BCUT2D eigenvalue weighted by Crippen LogP contribution is -2.29. The highest BCUT2D eigenvalue weighted by Gasteiger charge is 2.33. The van der Waals surface area contributed by atoms with Gasteiger partial charge in [0.05, 0.1) is 9.82 Å². The molecule has 0 aliphatic carbocycles. The molecule has 2 rings (SSSR count). The maximum absolute atomic E-state index is 12.5. The first kappa shape index (κ1) is 15.7. The molecule has 1 aliphatic heterocycles. The first-order valence-corrected chi connectivity index (χ1v) is 8.34. The fraction of sp³-hybridized carbons (Fsp3) is 0.538. The molecule has 0 saturated carbocycles. The van der Waals surface area contributed by atoms with E-state index >= 15 is 0 Å². The van der Waals surface area contributed by atoms with Crippen LogP contribution >= 0.6 is 0 Å². The smallest absolute Gasteiger partial charge is 0.293 e. The van der Waals surface area contributed by atoms with Crippen LogP contribution < -0.4 is 5.73 Å². The fourth-order valence-corrected chi connectivity index (χ4v) is 4.20. The molecule has 1 aliphatic rings. The topological polar surface area (TPSA) is 107 Å². The van der Waals surface area contributed by atoms with E-state index < -0.39 is 14.9 Å². The lowest BCUT2D eigenvalue weighted by molar-refractivity contribution is -0.384. The van der Waals surface area contributed by atoms with Crippen LogP contribution in [0.4, 0.5) is 11.4 Å². The highest BCUT2D eigenvalue weighted by Crippen LogP contribution is 2.30. The van der Waals surface area contributed by atoms with E-state index in [9.17, 15) is 18.5 Å². The van der Waals surface area contributed by atoms with Gasteiger partial charge in [-0.1, -0.05) is 13.3 Å². The molecule has 2 N–H and O–H groups in total. The zero-order chi connectivity index (χ0) is 15.6. The molecule has 1 unspecified atom stereocenters. The van der Waals surface area contributed by atoms with Crippen molar-refractivity contribution in [3.63, 3.8) is 0 Å². The van der Waals surface area contributed by atoms with Gasteiger partial charge in [0.1, 0.15) is 5.69 Å². The molecule has 0 radical (unpaired) electrons. The van der Waals surface area contributed by atoms with E-state index in [0.29, 0.717) is 19.0 Å². The predicted octanol–water partition coefficient (Wildman–Crippen LogP) is 1.99. The molecule has 0 spiro atoms. The Balaban J connectivity index is 2.28. The summed E-state index contributed by atoms with van der Waals surface area (Å²) in [5, 5.41) is 10.9. The van der Waals surface area contributed by atoms with Gasteiger partial charge in [-0.25, -0.2) is 8.42 Å². The minimum Gasteiger partial charge on any atom is -0.393 e. The van der Waals surface area contributed by atoms with Crippen molar-refractivity contribution in [3.05, 3.63) is 28.3 Å². The quantitative estimate of drug-likeness (QED) is 0.508. The summed E-state index contributed by atoms with van der Waals surface area (Å²) in [6.07, 6.45) is 2.85. The van der Waals surface area contributed by atoms with Crippen molar-refractivity contribution >= 4 is 21.4 Å². The Hall–Kier alpha value is -1.67. The highest BCUT2D eigenvalue weighted by molar-refractivity contribution is 7.89. The first-order valence-electron chi connectivity index (χ1n) is 6.90. The third-order valence-corrected chi connectivity index (χ3v) is 5.64. The summed E-state index contributed by atoms with van der Waals surface area (Å²) in [5.74, 6) is 0.369. The largest absolute Gasteiger partial charge is 0.393 e. The molecule has 8 heteroatoms. The van der Waals surface area contributed by atoms with E-state index in [1.165, 1.54) is 16.4 Å². The number of benzene rings is 1. The molecule has 21 heavy (non-hydrogen) atoms. The summed E-state index contributed by atoms with van der Waals surface area (Å²) in [5.41, 5.74) is 5.09. The average molecular weight is 313 g/mol. The Bertz CT molecular complexity index is 645. The van der Waals surface area contributed by atoms with Crippen molar-refractivity contribution in [3.8, 4) is 0 Å². The number of hydrogen-bond donors (Lipinski definition) is 1. The van der Waals surface area contributed by atoms with Gasteiger partial charge in [-0.2, -0.15) is 4.31 Å². The van der Waals surface area contributed by atoms with Crippen LogP contribution in [0.2, 0.25) is 0 Å². The number of hydrogen-bond acceptors (Lipinski definition) is 5. The highest BCUT2D eigenvalue weighted by atomic mass is 32.2. The Labute approximate surface area is 123 Å². The number of anilines is 1. The van der Waals surface area contributed by atoms with Crippen LogP contribution in [0.25, 0.3) is 0 Å². The first-order chi connectivity index (χ1) is 9.86. The summed E-state index contributed by atoms with van der Waals surface area (Å²) in [6.45, 7) is 3.01. The number of rotatable bonds is 5. The van der Waals surface area contributed by atoms with Crippen LogP contribution in [0.1, 0.15) is 26.2 Å². The summed E-state index contributed by atoms with van der Waals surface area (Å²) in [7, 11) is -3.69. The predicted molar refractivity (Wildman–Crippen MR) is 79.3 cm³/mol. The van der Waals surface area contributed by atoms with Crippen molar-refractivity contribution in [1.82, 2.24) is 4.31 Å². The molecular weight excluding hydrogens is 294 g/mol. The van der Waals surface area contributed by atoms with Gasteiger partial charge in [-0.3, -0.25) is 10.1 Å². The van der Waals surface area contributed by atoms with Gasteiger partial charge < -0.3 is 5.73 Å². The molecule has 1 saturated heterocycles. The SMILES string of the molecule is CCCC1CCN(S(=O)(=O)c2ccc(N)c([N+](=O)[O-])c2)C1. The lowest BCUT2D eigenvalue weighted by atomic mass is 10.0. The van der Waals surface area contributed by atoms with Gasteiger partial charge in [0.2, 0.25) is 10.0 Å². The number of nitrogen functional groups attached to an aromatic ring is 1. The molecule has 7 nitrogen and oxygen atoms in total. The lowest BCUT2D eigenvalue weighted by Gasteiger charge is -2.16. The van der Waals surface area contributed by atoms with Crippen LogP contribution in [-0.4, -0.2) is 30.7 Å². The monoisotopic (exact) mass is 313 g/mol. The van der Waals surface area contributed by atoms with Crippen LogP contribution in [0.15, 0.2) is 23.1 Å². The van der Waals surface area contributed by atoms with Crippen LogP contribution in [0.5, 0.6) is 0 Å². The minimum absolute atomic E-state index is 0.0377. The summed E-state index contributed by atoms with van der Waals surface area (Å²) < 4.78 is 26.5. The van der Waals surface area contributed by atoms with Crippen LogP contribution in [0, 0.1) is 16.0 Å².